The Balaban J connectivity index is 2.17. The zero-order valence-electron chi connectivity index (χ0n) is 11.1. The van der Waals surface area contributed by atoms with Crippen molar-refractivity contribution in [2.45, 2.75) is 18.6 Å². The van der Waals surface area contributed by atoms with Gasteiger partial charge in [0.25, 0.3) is 0 Å². The zero-order valence-corrected chi connectivity index (χ0v) is 11.1. The number of nitrogens with zero attached hydrogens (tertiary/aromatic N) is 1. The van der Waals surface area contributed by atoms with Crippen LogP contribution >= 0.6 is 0 Å². The molecule has 110 valence electrons. The lowest BCUT2D eigenvalue weighted by Gasteiger charge is -2.19. The minimum Gasteiger partial charge on any atom is -0.391 e. The normalized spacial score (nSPS) is 13.7. The lowest BCUT2D eigenvalue weighted by Crippen LogP contribution is -2.28. The third kappa shape index (κ3) is 3.62. The van der Waals surface area contributed by atoms with Gasteiger partial charge in [-0.1, -0.05) is 36.4 Å². The van der Waals surface area contributed by atoms with Gasteiger partial charge in [0.2, 0.25) is 5.82 Å². The molecule has 2 atom stereocenters. The van der Waals surface area contributed by atoms with E-state index >= 15 is 0 Å². The molecule has 21 heavy (non-hydrogen) atoms. The van der Waals surface area contributed by atoms with Gasteiger partial charge in [-0.25, -0.2) is 0 Å². The number of hydrogen-bond donors (Lipinski definition) is 2. The summed E-state index contributed by atoms with van der Waals surface area (Å²) >= 11 is 0. The van der Waals surface area contributed by atoms with E-state index in [0.717, 1.165) is 17.7 Å². The summed E-state index contributed by atoms with van der Waals surface area (Å²) in [5.74, 6) is -0.923. The Morgan fingerprint density at radius 2 is 1.90 bits per heavy atom. The van der Waals surface area contributed by atoms with Crippen LogP contribution in [0.15, 0.2) is 48.5 Å². The average Bonchev–Trinajstić information content (AvgIpc) is 2.47. The van der Waals surface area contributed by atoms with Gasteiger partial charge in [-0.3, -0.25) is 10.1 Å². The van der Waals surface area contributed by atoms with Crippen molar-refractivity contribution in [3.05, 3.63) is 75.6 Å². The van der Waals surface area contributed by atoms with Gasteiger partial charge in [0.1, 0.15) is 0 Å². The molecule has 2 rings (SSSR count). The number of halogens is 1. The van der Waals surface area contributed by atoms with E-state index in [2.05, 4.69) is 0 Å². The summed E-state index contributed by atoms with van der Waals surface area (Å²) in [6.07, 6.45) is -0.606. The van der Waals surface area contributed by atoms with Crippen molar-refractivity contribution >= 4 is 5.69 Å². The fourth-order valence-corrected chi connectivity index (χ4v) is 2.08. The molecule has 0 unspecified atom stereocenters. The van der Waals surface area contributed by atoms with Crippen molar-refractivity contribution in [3.8, 4) is 0 Å². The maximum absolute atomic E-state index is 13.3. The Labute approximate surface area is 121 Å². The Kier molecular flexibility index (Phi) is 4.62. The molecular formula is C15H15FN2O3. The number of benzene rings is 2. The molecule has 0 amide bonds. The first-order chi connectivity index (χ1) is 9.99. The zero-order chi connectivity index (χ0) is 15.4. The minimum absolute atomic E-state index is 0.313. The van der Waals surface area contributed by atoms with Gasteiger partial charge in [0, 0.05) is 12.5 Å². The van der Waals surface area contributed by atoms with Crippen molar-refractivity contribution in [1.82, 2.24) is 0 Å². The van der Waals surface area contributed by atoms with Crippen LogP contribution in [-0.2, 0) is 6.42 Å². The Bertz CT molecular complexity index is 634. The summed E-state index contributed by atoms with van der Waals surface area (Å²) in [6.45, 7) is 0. The lowest BCUT2D eigenvalue weighted by atomic mass is 9.96. The fraction of sp³-hybridized carbons (Fsp3) is 0.200. The molecule has 0 radical (unpaired) electrons. The molecule has 2 aromatic rings. The van der Waals surface area contributed by atoms with E-state index in [9.17, 15) is 19.6 Å². The second kappa shape index (κ2) is 6.43. The van der Waals surface area contributed by atoms with Crippen LogP contribution in [0.2, 0.25) is 0 Å². The van der Waals surface area contributed by atoms with Gasteiger partial charge >= 0.3 is 5.69 Å². The summed E-state index contributed by atoms with van der Waals surface area (Å²) in [4.78, 5) is 9.91. The smallest absolute Gasteiger partial charge is 0.305 e. The quantitative estimate of drug-likeness (QED) is 0.653. The molecule has 0 saturated carbocycles. The topological polar surface area (TPSA) is 89.4 Å². The van der Waals surface area contributed by atoms with Crippen molar-refractivity contribution in [2.24, 2.45) is 5.73 Å². The highest BCUT2D eigenvalue weighted by molar-refractivity contribution is 5.38. The van der Waals surface area contributed by atoms with Gasteiger partial charge in [0.05, 0.1) is 17.1 Å². The molecule has 0 aliphatic carbocycles. The maximum atomic E-state index is 13.3. The maximum Gasteiger partial charge on any atom is 0.305 e. The number of nitro groups is 1. The fourth-order valence-electron chi connectivity index (χ4n) is 2.08. The Morgan fingerprint density at radius 1 is 1.24 bits per heavy atom. The standard InChI is InChI=1S/C15H15FN2O3/c16-12-7-6-11(9-13(12)18(20)21)15(17)14(19)8-10-4-2-1-3-5-10/h1-7,9,14-15,19H,8,17H2/t14-,15+/m1/s1. The van der Waals surface area contributed by atoms with Crippen LogP contribution in [0.3, 0.4) is 0 Å². The van der Waals surface area contributed by atoms with Gasteiger partial charge in [-0.2, -0.15) is 4.39 Å². The molecule has 2 aromatic carbocycles. The molecule has 0 saturated heterocycles. The van der Waals surface area contributed by atoms with E-state index in [-0.39, 0.29) is 0 Å². The van der Waals surface area contributed by atoms with Crippen LogP contribution < -0.4 is 5.73 Å². The number of aliphatic hydroxyl groups excluding tert-OH is 1. The van der Waals surface area contributed by atoms with Crippen LogP contribution in [0.1, 0.15) is 17.2 Å². The number of hydrogen-bond acceptors (Lipinski definition) is 4. The number of rotatable bonds is 5. The SMILES string of the molecule is N[C@@H](c1ccc(F)c([N+](=O)[O-])c1)[C@H](O)Cc1ccccc1. The van der Waals surface area contributed by atoms with E-state index in [1.807, 2.05) is 30.3 Å². The van der Waals surface area contributed by atoms with Crippen molar-refractivity contribution in [1.29, 1.82) is 0 Å². The van der Waals surface area contributed by atoms with Crippen LogP contribution in [0.4, 0.5) is 10.1 Å². The predicted octanol–water partition coefficient (Wildman–Crippen LogP) is 2.34. The van der Waals surface area contributed by atoms with Crippen LogP contribution in [0, 0.1) is 15.9 Å². The number of nitro benzene ring substituents is 1. The summed E-state index contributed by atoms with van der Waals surface area (Å²) in [5, 5.41) is 20.9. The molecule has 0 aliphatic rings. The monoisotopic (exact) mass is 290 g/mol. The Morgan fingerprint density at radius 3 is 2.52 bits per heavy atom. The van der Waals surface area contributed by atoms with Crippen LogP contribution in [0.5, 0.6) is 0 Å². The van der Waals surface area contributed by atoms with E-state index in [0.29, 0.717) is 12.0 Å². The van der Waals surface area contributed by atoms with Crippen molar-refractivity contribution in [3.63, 3.8) is 0 Å². The summed E-state index contributed by atoms with van der Waals surface area (Å²) in [6, 6.07) is 11.8. The third-order valence-electron chi connectivity index (χ3n) is 3.25. The highest BCUT2D eigenvalue weighted by atomic mass is 19.1. The molecule has 3 N–H and O–H groups in total. The predicted molar refractivity (Wildman–Crippen MR) is 76.1 cm³/mol. The van der Waals surface area contributed by atoms with E-state index < -0.39 is 28.6 Å². The van der Waals surface area contributed by atoms with E-state index in [1.54, 1.807) is 0 Å². The molecule has 0 aromatic heterocycles. The molecule has 0 aliphatic heterocycles. The third-order valence-corrected chi connectivity index (χ3v) is 3.25. The molecule has 0 bridgehead atoms. The van der Waals surface area contributed by atoms with Crippen LogP contribution in [-0.4, -0.2) is 16.1 Å². The second-order valence-electron chi connectivity index (χ2n) is 4.75. The molecular weight excluding hydrogens is 275 g/mol. The van der Waals surface area contributed by atoms with Gasteiger partial charge < -0.3 is 10.8 Å². The van der Waals surface area contributed by atoms with Gasteiger partial charge in [-0.05, 0) is 17.2 Å². The summed E-state index contributed by atoms with van der Waals surface area (Å²) in [7, 11) is 0. The second-order valence-corrected chi connectivity index (χ2v) is 4.75. The summed E-state index contributed by atoms with van der Waals surface area (Å²) < 4.78 is 13.3. The minimum atomic E-state index is -0.923. The Hall–Kier alpha value is -2.31. The first-order valence-electron chi connectivity index (χ1n) is 6.40. The number of aliphatic hydroxyl groups is 1. The van der Waals surface area contributed by atoms with Crippen molar-refractivity contribution < 1.29 is 14.4 Å². The van der Waals surface area contributed by atoms with Crippen LogP contribution in [0.25, 0.3) is 0 Å². The largest absolute Gasteiger partial charge is 0.391 e. The van der Waals surface area contributed by atoms with E-state index in [4.69, 9.17) is 5.73 Å². The lowest BCUT2D eigenvalue weighted by molar-refractivity contribution is -0.387. The van der Waals surface area contributed by atoms with Gasteiger partial charge in [0.15, 0.2) is 0 Å². The van der Waals surface area contributed by atoms with E-state index in [1.165, 1.54) is 6.07 Å². The highest BCUT2D eigenvalue weighted by Gasteiger charge is 2.22. The van der Waals surface area contributed by atoms with Gasteiger partial charge in [-0.15, -0.1) is 0 Å². The first-order valence-corrected chi connectivity index (χ1v) is 6.40. The molecule has 0 heterocycles. The van der Waals surface area contributed by atoms with Crippen molar-refractivity contribution in [2.75, 3.05) is 0 Å². The number of nitrogens with two attached hydrogens (primary N) is 1. The molecule has 0 spiro atoms. The average molecular weight is 290 g/mol. The summed E-state index contributed by atoms with van der Waals surface area (Å²) in [5.41, 5.74) is 6.49. The highest BCUT2D eigenvalue weighted by Crippen LogP contribution is 2.24. The molecule has 0 fully saturated rings. The molecule has 5 nitrogen and oxygen atoms in total. The first kappa shape index (κ1) is 15.1. The molecule has 6 heteroatoms.